The average Bonchev–Trinajstić information content (AvgIpc) is 2.40. The van der Waals surface area contributed by atoms with Gasteiger partial charge in [-0.15, -0.1) is 0 Å². The lowest BCUT2D eigenvalue weighted by atomic mass is 10.0. The van der Waals surface area contributed by atoms with Gasteiger partial charge in [0.25, 0.3) is 0 Å². The summed E-state index contributed by atoms with van der Waals surface area (Å²) < 4.78 is 0. The van der Waals surface area contributed by atoms with E-state index < -0.39 is 5.54 Å². The molecule has 0 spiro atoms. The Balaban J connectivity index is 2.60. The van der Waals surface area contributed by atoms with Crippen molar-refractivity contribution in [2.75, 3.05) is 20.1 Å². The van der Waals surface area contributed by atoms with E-state index in [1.54, 1.807) is 0 Å². The number of carbonyl (C=O) groups is 1. The third kappa shape index (κ3) is 3.84. The molecular weight excluding hydrogens is 224 g/mol. The lowest BCUT2D eigenvalue weighted by molar-refractivity contribution is -0.136. The van der Waals surface area contributed by atoms with Gasteiger partial charge in [0.05, 0.1) is 5.54 Å². The van der Waals surface area contributed by atoms with E-state index in [0.29, 0.717) is 0 Å². The topological polar surface area (TPSA) is 32.3 Å². The van der Waals surface area contributed by atoms with Gasteiger partial charge >= 0.3 is 0 Å². The van der Waals surface area contributed by atoms with Crippen LogP contribution in [0.4, 0.5) is 0 Å². The molecule has 100 valence electrons. The molecule has 0 aliphatic carbocycles. The molecule has 0 fully saturated rings. The van der Waals surface area contributed by atoms with Crippen molar-refractivity contribution in [3.8, 4) is 0 Å². The summed E-state index contributed by atoms with van der Waals surface area (Å²) in [6.45, 7) is 7.37. The fraction of sp³-hybridized carbons (Fsp3) is 0.533. The van der Waals surface area contributed by atoms with Gasteiger partial charge in [0.2, 0.25) is 5.91 Å². The lowest BCUT2D eigenvalue weighted by Gasteiger charge is -2.31. The largest absolute Gasteiger partial charge is 0.341 e. The van der Waals surface area contributed by atoms with Crippen LogP contribution in [-0.2, 0) is 11.2 Å². The molecule has 0 aliphatic rings. The highest BCUT2D eigenvalue weighted by molar-refractivity contribution is 5.85. The maximum Gasteiger partial charge on any atom is 0.242 e. The number of nitrogens with one attached hydrogen (secondary N) is 1. The number of carbonyl (C=O) groups excluding carboxylic acids is 1. The number of hydrogen-bond acceptors (Lipinski definition) is 2. The van der Waals surface area contributed by atoms with Gasteiger partial charge in [-0.25, -0.2) is 0 Å². The average molecular weight is 248 g/mol. The van der Waals surface area contributed by atoms with E-state index in [1.165, 1.54) is 5.56 Å². The minimum atomic E-state index is -0.493. The van der Waals surface area contributed by atoms with Crippen LogP contribution in [0.15, 0.2) is 30.3 Å². The first-order chi connectivity index (χ1) is 8.51. The van der Waals surface area contributed by atoms with Crippen LogP contribution in [0, 0.1) is 0 Å². The second-order valence-electron chi connectivity index (χ2n) is 5.00. The Kier molecular flexibility index (Phi) is 5.35. The third-order valence-corrected chi connectivity index (χ3v) is 3.34. The second kappa shape index (κ2) is 6.55. The van der Waals surface area contributed by atoms with E-state index in [1.807, 2.05) is 50.9 Å². The molecule has 0 saturated carbocycles. The summed E-state index contributed by atoms with van der Waals surface area (Å²) in [5, 5.41) is 3.06. The molecule has 0 saturated heterocycles. The van der Waals surface area contributed by atoms with Crippen LogP contribution in [0.1, 0.15) is 26.3 Å². The Morgan fingerprint density at radius 2 is 1.89 bits per heavy atom. The van der Waals surface area contributed by atoms with Gasteiger partial charge in [-0.2, -0.15) is 0 Å². The van der Waals surface area contributed by atoms with Crippen molar-refractivity contribution in [1.29, 1.82) is 0 Å². The monoisotopic (exact) mass is 248 g/mol. The fourth-order valence-corrected chi connectivity index (χ4v) is 1.81. The third-order valence-electron chi connectivity index (χ3n) is 3.34. The summed E-state index contributed by atoms with van der Waals surface area (Å²) in [5.74, 6) is 0.156. The van der Waals surface area contributed by atoms with Gasteiger partial charge in [-0.1, -0.05) is 30.3 Å². The number of hydrogen-bond donors (Lipinski definition) is 1. The van der Waals surface area contributed by atoms with E-state index in [-0.39, 0.29) is 5.91 Å². The van der Waals surface area contributed by atoms with Gasteiger partial charge in [0.15, 0.2) is 0 Å². The van der Waals surface area contributed by atoms with E-state index in [2.05, 4.69) is 17.4 Å². The molecule has 18 heavy (non-hydrogen) atoms. The zero-order valence-corrected chi connectivity index (χ0v) is 11.9. The Hall–Kier alpha value is -1.35. The van der Waals surface area contributed by atoms with Gasteiger partial charge in [-0.05, 0) is 39.8 Å². The minimum Gasteiger partial charge on any atom is -0.341 e. The predicted molar refractivity (Wildman–Crippen MR) is 75.5 cm³/mol. The first-order valence-electron chi connectivity index (χ1n) is 6.53. The van der Waals surface area contributed by atoms with Crippen LogP contribution in [0.25, 0.3) is 0 Å². The normalized spacial score (nSPS) is 11.3. The zero-order valence-electron chi connectivity index (χ0n) is 11.9. The Morgan fingerprint density at radius 1 is 1.28 bits per heavy atom. The zero-order chi connectivity index (χ0) is 13.6. The predicted octanol–water partition coefficient (Wildman–Crippen LogP) is 2.08. The van der Waals surface area contributed by atoms with Gasteiger partial charge in [0.1, 0.15) is 0 Å². The Bertz CT molecular complexity index is 373. The van der Waals surface area contributed by atoms with Crippen LogP contribution in [-0.4, -0.2) is 36.5 Å². The summed E-state index contributed by atoms with van der Waals surface area (Å²) >= 11 is 0. The van der Waals surface area contributed by atoms with E-state index in [4.69, 9.17) is 0 Å². The molecule has 3 heteroatoms. The highest BCUT2D eigenvalue weighted by Crippen LogP contribution is 2.09. The first-order valence-corrected chi connectivity index (χ1v) is 6.53. The van der Waals surface area contributed by atoms with Gasteiger partial charge < -0.3 is 10.2 Å². The summed E-state index contributed by atoms with van der Waals surface area (Å²) in [6, 6.07) is 10.3. The second-order valence-corrected chi connectivity index (χ2v) is 5.00. The highest BCUT2D eigenvalue weighted by Gasteiger charge is 2.29. The van der Waals surface area contributed by atoms with Crippen molar-refractivity contribution in [2.24, 2.45) is 0 Å². The molecule has 0 aromatic heterocycles. The number of amides is 1. The Morgan fingerprint density at radius 3 is 2.39 bits per heavy atom. The lowest BCUT2D eigenvalue weighted by Crippen LogP contribution is -2.53. The molecule has 0 atom stereocenters. The van der Waals surface area contributed by atoms with Crippen molar-refractivity contribution in [2.45, 2.75) is 32.7 Å². The number of likely N-dealkylation sites (N-methyl/N-ethyl adjacent to an activating group) is 2. The molecule has 3 nitrogen and oxygen atoms in total. The maximum absolute atomic E-state index is 12.3. The number of nitrogens with zero attached hydrogens (tertiary/aromatic N) is 1. The molecule has 0 unspecified atom stereocenters. The van der Waals surface area contributed by atoms with Crippen LogP contribution in [0.5, 0.6) is 0 Å². The van der Waals surface area contributed by atoms with Crippen LogP contribution >= 0.6 is 0 Å². The molecule has 1 amide bonds. The van der Waals surface area contributed by atoms with Crippen molar-refractivity contribution in [3.63, 3.8) is 0 Å². The van der Waals surface area contributed by atoms with Crippen molar-refractivity contribution >= 4 is 5.91 Å². The van der Waals surface area contributed by atoms with E-state index >= 15 is 0 Å². The number of rotatable bonds is 6. The molecule has 1 aromatic carbocycles. The molecule has 0 aliphatic heterocycles. The van der Waals surface area contributed by atoms with Crippen LogP contribution in [0.3, 0.4) is 0 Å². The minimum absolute atomic E-state index is 0.156. The van der Waals surface area contributed by atoms with Gasteiger partial charge in [-0.3, -0.25) is 4.79 Å². The smallest absolute Gasteiger partial charge is 0.242 e. The van der Waals surface area contributed by atoms with Crippen LogP contribution < -0.4 is 5.32 Å². The molecule has 1 N–H and O–H groups in total. The maximum atomic E-state index is 12.3. The van der Waals surface area contributed by atoms with Crippen molar-refractivity contribution < 1.29 is 4.79 Å². The standard InChI is InChI=1S/C15H24N2O/c1-5-17(14(18)15(2,3)16-4)12-11-13-9-7-6-8-10-13/h6-10,16H,5,11-12H2,1-4H3. The van der Waals surface area contributed by atoms with Crippen molar-refractivity contribution in [3.05, 3.63) is 35.9 Å². The highest BCUT2D eigenvalue weighted by atomic mass is 16.2. The first kappa shape index (κ1) is 14.7. The SMILES string of the molecule is CCN(CCc1ccccc1)C(=O)C(C)(C)NC. The molecule has 1 aromatic rings. The van der Waals surface area contributed by atoms with E-state index in [0.717, 1.165) is 19.5 Å². The van der Waals surface area contributed by atoms with Gasteiger partial charge in [0, 0.05) is 13.1 Å². The molecule has 0 bridgehead atoms. The van der Waals surface area contributed by atoms with Crippen molar-refractivity contribution in [1.82, 2.24) is 10.2 Å². The summed E-state index contributed by atoms with van der Waals surface area (Å²) in [5.41, 5.74) is 0.776. The molecule has 0 heterocycles. The summed E-state index contributed by atoms with van der Waals surface area (Å²) in [6.07, 6.45) is 0.903. The van der Waals surface area contributed by atoms with Crippen LogP contribution in [0.2, 0.25) is 0 Å². The Labute approximate surface area is 110 Å². The summed E-state index contributed by atoms with van der Waals surface area (Å²) in [4.78, 5) is 14.2. The molecular formula is C15H24N2O. The van der Waals surface area contributed by atoms with E-state index in [9.17, 15) is 4.79 Å². The summed E-state index contributed by atoms with van der Waals surface area (Å²) in [7, 11) is 1.82. The molecule has 0 radical (unpaired) electrons. The molecule has 1 rings (SSSR count). The number of benzene rings is 1. The quantitative estimate of drug-likeness (QED) is 0.836. The fourth-order valence-electron chi connectivity index (χ4n) is 1.81.